The Morgan fingerprint density at radius 3 is 2.24 bits per heavy atom. The zero-order chi connectivity index (χ0) is 26.2. The molecule has 1 amide bonds. The summed E-state index contributed by atoms with van der Waals surface area (Å²) >= 11 is 1.59. The normalized spacial score (nSPS) is 17.8. The average molecular weight is 545 g/mol. The van der Waals surface area contributed by atoms with Gasteiger partial charge in [0.2, 0.25) is 10.0 Å². The van der Waals surface area contributed by atoms with Crippen LogP contribution in [0.15, 0.2) is 41.3 Å². The number of aromatic nitrogens is 1. The standard InChI is InChI=1S/C26H32N4O5S2/c1-18-10-12-30(13-11-18)37(32,33)20-6-4-19(5-7-20)25(31)28-14-16-29(17-15-28)26-27-23-22(36-26)9-8-21(34-2)24(23)35-3/h4-9,18H,10-17H2,1-3H3. The summed E-state index contributed by atoms with van der Waals surface area (Å²) in [6.45, 7) is 5.67. The van der Waals surface area contributed by atoms with Crippen molar-refractivity contribution < 1.29 is 22.7 Å². The highest BCUT2D eigenvalue weighted by molar-refractivity contribution is 7.89. The van der Waals surface area contributed by atoms with Crippen molar-refractivity contribution in [1.29, 1.82) is 0 Å². The number of benzene rings is 2. The summed E-state index contributed by atoms with van der Waals surface area (Å²) in [5.74, 6) is 1.72. The second-order valence-corrected chi connectivity index (χ2v) is 12.5. The van der Waals surface area contributed by atoms with Gasteiger partial charge >= 0.3 is 0 Å². The maximum Gasteiger partial charge on any atom is 0.253 e. The van der Waals surface area contributed by atoms with E-state index in [9.17, 15) is 13.2 Å². The van der Waals surface area contributed by atoms with Gasteiger partial charge in [0, 0.05) is 44.8 Å². The van der Waals surface area contributed by atoms with Gasteiger partial charge in [0.25, 0.3) is 5.91 Å². The van der Waals surface area contributed by atoms with Crippen LogP contribution in [0.1, 0.15) is 30.1 Å². The number of fused-ring (bicyclic) bond motifs is 1. The highest BCUT2D eigenvalue weighted by Crippen LogP contribution is 2.40. The minimum Gasteiger partial charge on any atom is -0.493 e. The van der Waals surface area contributed by atoms with E-state index in [1.165, 1.54) is 0 Å². The number of hydrogen-bond acceptors (Lipinski definition) is 8. The number of anilines is 1. The maximum atomic E-state index is 13.1. The Labute approximate surface area is 221 Å². The molecule has 37 heavy (non-hydrogen) atoms. The molecular formula is C26H32N4O5S2. The van der Waals surface area contributed by atoms with E-state index in [1.54, 1.807) is 54.1 Å². The van der Waals surface area contributed by atoms with Crippen LogP contribution in [0.2, 0.25) is 0 Å². The van der Waals surface area contributed by atoms with E-state index < -0.39 is 10.0 Å². The molecule has 9 nitrogen and oxygen atoms in total. The van der Waals surface area contributed by atoms with Crippen LogP contribution < -0.4 is 14.4 Å². The maximum absolute atomic E-state index is 13.1. The first kappa shape index (κ1) is 25.7. The van der Waals surface area contributed by atoms with Gasteiger partial charge in [-0.3, -0.25) is 4.79 Å². The average Bonchev–Trinajstić information content (AvgIpc) is 3.37. The summed E-state index contributed by atoms with van der Waals surface area (Å²) in [6.07, 6.45) is 1.75. The fraction of sp³-hybridized carbons (Fsp3) is 0.462. The number of carbonyl (C=O) groups is 1. The number of rotatable bonds is 6. The van der Waals surface area contributed by atoms with E-state index in [2.05, 4.69) is 11.8 Å². The predicted octanol–water partition coefficient (Wildman–Crippen LogP) is 3.70. The predicted molar refractivity (Wildman–Crippen MR) is 144 cm³/mol. The lowest BCUT2D eigenvalue weighted by atomic mass is 10.0. The highest BCUT2D eigenvalue weighted by atomic mass is 32.2. The molecule has 0 unspecified atom stereocenters. The molecule has 0 bridgehead atoms. The Bertz CT molecular complexity index is 1370. The zero-order valence-corrected chi connectivity index (χ0v) is 23.0. The summed E-state index contributed by atoms with van der Waals surface area (Å²) in [4.78, 5) is 22.2. The van der Waals surface area contributed by atoms with Gasteiger partial charge in [0.15, 0.2) is 16.6 Å². The van der Waals surface area contributed by atoms with Gasteiger partial charge in [0.05, 0.1) is 23.8 Å². The molecule has 5 rings (SSSR count). The van der Waals surface area contributed by atoms with Gasteiger partial charge in [-0.15, -0.1) is 0 Å². The second kappa shape index (κ2) is 10.5. The topological polar surface area (TPSA) is 92.3 Å². The van der Waals surface area contributed by atoms with E-state index in [1.807, 2.05) is 17.0 Å². The summed E-state index contributed by atoms with van der Waals surface area (Å²) in [6, 6.07) is 10.2. The number of thiazole rings is 1. The van der Waals surface area contributed by atoms with Crippen molar-refractivity contribution in [3.05, 3.63) is 42.0 Å². The number of sulfonamides is 1. The highest BCUT2D eigenvalue weighted by Gasteiger charge is 2.29. The van der Waals surface area contributed by atoms with Crippen molar-refractivity contribution in [2.45, 2.75) is 24.7 Å². The molecule has 2 fully saturated rings. The number of piperazine rings is 1. The molecule has 1 aromatic heterocycles. The molecule has 3 aromatic rings. The third kappa shape index (κ3) is 4.99. The number of methoxy groups -OCH3 is 2. The van der Waals surface area contributed by atoms with E-state index in [4.69, 9.17) is 14.5 Å². The molecule has 0 N–H and O–H groups in total. The van der Waals surface area contributed by atoms with Crippen LogP contribution in [0.4, 0.5) is 5.13 Å². The van der Waals surface area contributed by atoms with Crippen molar-refractivity contribution in [3.8, 4) is 11.5 Å². The molecule has 2 saturated heterocycles. The molecule has 0 saturated carbocycles. The Kier molecular flexibility index (Phi) is 7.28. The summed E-state index contributed by atoms with van der Waals surface area (Å²) in [5.41, 5.74) is 1.27. The number of amides is 1. The Balaban J connectivity index is 1.23. The number of ether oxygens (including phenoxy) is 2. The van der Waals surface area contributed by atoms with Gasteiger partial charge in [-0.25, -0.2) is 13.4 Å². The minimum atomic E-state index is -3.53. The molecule has 198 valence electrons. The van der Waals surface area contributed by atoms with Crippen molar-refractivity contribution in [2.75, 3.05) is 58.4 Å². The Morgan fingerprint density at radius 2 is 1.62 bits per heavy atom. The van der Waals surface area contributed by atoms with Gasteiger partial charge in [0.1, 0.15) is 5.52 Å². The van der Waals surface area contributed by atoms with Crippen molar-refractivity contribution in [3.63, 3.8) is 0 Å². The first-order chi connectivity index (χ1) is 17.8. The van der Waals surface area contributed by atoms with Gasteiger partial charge < -0.3 is 19.3 Å². The number of piperidine rings is 1. The van der Waals surface area contributed by atoms with Crippen molar-refractivity contribution in [1.82, 2.24) is 14.2 Å². The summed E-state index contributed by atoms with van der Waals surface area (Å²) in [7, 11) is -0.319. The van der Waals surface area contributed by atoms with Crippen LogP contribution in [0, 0.1) is 5.92 Å². The summed E-state index contributed by atoms with van der Waals surface area (Å²) < 4.78 is 39.5. The van der Waals surface area contributed by atoms with Crippen LogP contribution in [0.25, 0.3) is 10.2 Å². The Morgan fingerprint density at radius 1 is 0.946 bits per heavy atom. The number of hydrogen-bond donors (Lipinski definition) is 0. The first-order valence-corrected chi connectivity index (χ1v) is 14.7. The lowest BCUT2D eigenvalue weighted by Crippen LogP contribution is -2.48. The third-order valence-corrected chi connectivity index (χ3v) is 10.2. The molecule has 0 spiro atoms. The molecule has 0 radical (unpaired) electrons. The van der Waals surface area contributed by atoms with Crippen LogP contribution in [-0.4, -0.2) is 82.0 Å². The quantitative estimate of drug-likeness (QED) is 0.467. The second-order valence-electron chi connectivity index (χ2n) is 9.53. The van der Waals surface area contributed by atoms with Crippen LogP contribution >= 0.6 is 11.3 Å². The third-order valence-electron chi connectivity index (χ3n) is 7.21. The first-order valence-electron chi connectivity index (χ1n) is 12.5. The molecule has 2 aliphatic rings. The fourth-order valence-electron chi connectivity index (χ4n) is 4.86. The largest absolute Gasteiger partial charge is 0.493 e. The minimum absolute atomic E-state index is 0.0916. The molecule has 2 aromatic carbocycles. The summed E-state index contributed by atoms with van der Waals surface area (Å²) in [5, 5.41) is 0.885. The van der Waals surface area contributed by atoms with Crippen LogP contribution in [0.3, 0.4) is 0 Å². The van der Waals surface area contributed by atoms with E-state index in [0.29, 0.717) is 62.2 Å². The number of nitrogens with zero attached hydrogens (tertiary/aromatic N) is 4. The fourth-order valence-corrected chi connectivity index (χ4v) is 7.35. The zero-order valence-electron chi connectivity index (χ0n) is 21.3. The molecule has 0 atom stereocenters. The lowest BCUT2D eigenvalue weighted by Gasteiger charge is -2.34. The van der Waals surface area contributed by atoms with Gasteiger partial charge in [-0.05, 0) is 55.2 Å². The molecule has 3 heterocycles. The molecule has 0 aliphatic carbocycles. The number of carbonyl (C=O) groups excluding carboxylic acids is 1. The van der Waals surface area contributed by atoms with Crippen LogP contribution in [-0.2, 0) is 10.0 Å². The van der Waals surface area contributed by atoms with Crippen molar-refractivity contribution >= 4 is 42.6 Å². The van der Waals surface area contributed by atoms with Crippen LogP contribution in [0.5, 0.6) is 11.5 Å². The van der Waals surface area contributed by atoms with E-state index in [-0.39, 0.29) is 10.8 Å². The monoisotopic (exact) mass is 544 g/mol. The smallest absolute Gasteiger partial charge is 0.253 e. The molecular weight excluding hydrogens is 512 g/mol. The van der Waals surface area contributed by atoms with Crippen molar-refractivity contribution in [2.24, 2.45) is 5.92 Å². The van der Waals surface area contributed by atoms with Gasteiger partial charge in [-0.1, -0.05) is 18.3 Å². The van der Waals surface area contributed by atoms with E-state index in [0.717, 1.165) is 28.2 Å². The van der Waals surface area contributed by atoms with Gasteiger partial charge in [-0.2, -0.15) is 4.31 Å². The Hall–Kier alpha value is -2.89. The molecule has 11 heteroatoms. The lowest BCUT2D eigenvalue weighted by molar-refractivity contribution is 0.0746. The molecule has 2 aliphatic heterocycles. The van der Waals surface area contributed by atoms with E-state index >= 15 is 0 Å². The SMILES string of the molecule is COc1ccc2sc(N3CCN(C(=O)c4ccc(S(=O)(=O)N5CCC(C)CC5)cc4)CC3)nc2c1OC.